The van der Waals surface area contributed by atoms with Crippen LogP contribution < -0.4 is 21.1 Å². The van der Waals surface area contributed by atoms with Crippen molar-refractivity contribution in [3.05, 3.63) is 18.2 Å². The molecule has 0 aliphatic carbocycles. The Labute approximate surface area is 137 Å². The molecule has 2 amide bonds. The van der Waals surface area contributed by atoms with Crippen molar-refractivity contribution >= 4 is 23.5 Å². The monoisotopic (exact) mass is 351 g/mol. The van der Waals surface area contributed by atoms with Gasteiger partial charge in [0.05, 0.1) is 5.69 Å². The van der Waals surface area contributed by atoms with E-state index in [0.717, 1.165) is 6.07 Å². The first kappa shape index (κ1) is 19.4. The first-order valence-electron chi connectivity index (χ1n) is 6.82. The molecule has 0 aromatic heterocycles. The van der Waals surface area contributed by atoms with Crippen LogP contribution in [0, 0.1) is 0 Å². The molecule has 0 unspecified atom stereocenters. The predicted molar refractivity (Wildman–Crippen MR) is 84.8 cm³/mol. The van der Waals surface area contributed by atoms with E-state index in [4.69, 9.17) is 5.73 Å². The number of rotatable bonds is 5. The van der Waals surface area contributed by atoms with Crippen molar-refractivity contribution in [1.82, 2.24) is 5.32 Å². The second kappa shape index (κ2) is 7.78. The number of hydrogen-bond donors (Lipinski definition) is 3. The van der Waals surface area contributed by atoms with Gasteiger partial charge in [-0.2, -0.15) is 0 Å². The van der Waals surface area contributed by atoms with Crippen LogP contribution in [0.25, 0.3) is 0 Å². The maximum atomic E-state index is 12.3. The minimum absolute atomic E-state index is 0.348. The SMILES string of the molecule is CC(C)(C)NC(=O)Nc1ccc(OC(F)(F)F)cc1SCCN. The summed E-state index contributed by atoms with van der Waals surface area (Å²) in [5.41, 5.74) is 5.37. The van der Waals surface area contributed by atoms with Crippen LogP contribution in [0.15, 0.2) is 23.1 Å². The van der Waals surface area contributed by atoms with Gasteiger partial charge in [-0.25, -0.2) is 4.79 Å². The number of carbonyl (C=O) groups excluding carboxylic acids is 1. The summed E-state index contributed by atoms with van der Waals surface area (Å²) in [7, 11) is 0. The van der Waals surface area contributed by atoms with Gasteiger partial charge in [0.2, 0.25) is 0 Å². The minimum atomic E-state index is -4.77. The summed E-state index contributed by atoms with van der Waals surface area (Å²) in [5, 5.41) is 5.33. The van der Waals surface area contributed by atoms with E-state index in [2.05, 4.69) is 15.4 Å². The lowest BCUT2D eigenvalue weighted by Crippen LogP contribution is -2.43. The zero-order valence-corrected chi connectivity index (χ0v) is 13.9. The van der Waals surface area contributed by atoms with Crippen LogP contribution in [-0.2, 0) is 0 Å². The van der Waals surface area contributed by atoms with Gasteiger partial charge < -0.3 is 21.1 Å². The highest BCUT2D eigenvalue weighted by Crippen LogP contribution is 2.33. The van der Waals surface area contributed by atoms with Gasteiger partial charge in [0.15, 0.2) is 0 Å². The van der Waals surface area contributed by atoms with Crippen molar-refractivity contribution in [3.8, 4) is 5.75 Å². The van der Waals surface area contributed by atoms with Gasteiger partial charge in [-0.15, -0.1) is 24.9 Å². The van der Waals surface area contributed by atoms with E-state index in [0.29, 0.717) is 22.9 Å². The topological polar surface area (TPSA) is 76.4 Å². The third kappa shape index (κ3) is 7.98. The molecule has 0 spiro atoms. The lowest BCUT2D eigenvalue weighted by atomic mass is 10.1. The second-order valence-electron chi connectivity index (χ2n) is 5.67. The van der Waals surface area contributed by atoms with Gasteiger partial charge in [-0.05, 0) is 39.0 Å². The van der Waals surface area contributed by atoms with Crippen molar-refractivity contribution in [1.29, 1.82) is 0 Å². The van der Waals surface area contributed by atoms with Crippen LogP contribution in [0.4, 0.5) is 23.7 Å². The Balaban J connectivity index is 2.94. The number of nitrogens with two attached hydrogens (primary N) is 1. The fraction of sp³-hybridized carbons (Fsp3) is 0.500. The summed E-state index contributed by atoms with van der Waals surface area (Å²) in [6.07, 6.45) is -4.77. The molecule has 0 saturated carbocycles. The normalized spacial score (nSPS) is 12.0. The number of nitrogens with one attached hydrogen (secondary N) is 2. The molecule has 130 valence electrons. The third-order valence-corrected chi connectivity index (χ3v) is 3.39. The molecule has 0 radical (unpaired) electrons. The maximum Gasteiger partial charge on any atom is 0.573 e. The standard InChI is InChI=1S/C14H20F3N3O2S/c1-13(2,3)20-12(21)19-10-5-4-9(22-14(15,16)17)8-11(10)23-7-6-18/h4-5,8H,6-7,18H2,1-3H3,(H2,19,20,21). The Hall–Kier alpha value is -1.61. The number of benzene rings is 1. The maximum absolute atomic E-state index is 12.3. The largest absolute Gasteiger partial charge is 0.573 e. The summed E-state index contributed by atoms with van der Waals surface area (Å²) in [6, 6.07) is 3.28. The van der Waals surface area contributed by atoms with Crippen molar-refractivity contribution in [2.45, 2.75) is 37.6 Å². The van der Waals surface area contributed by atoms with Crippen molar-refractivity contribution in [3.63, 3.8) is 0 Å². The number of urea groups is 1. The van der Waals surface area contributed by atoms with Crippen molar-refractivity contribution < 1.29 is 22.7 Å². The lowest BCUT2D eigenvalue weighted by molar-refractivity contribution is -0.274. The number of carbonyl (C=O) groups is 1. The Morgan fingerprint density at radius 3 is 2.48 bits per heavy atom. The molecule has 1 aromatic carbocycles. The average Bonchev–Trinajstić information content (AvgIpc) is 2.34. The van der Waals surface area contributed by atoms with E-state index in [1.54, 1.807) is 0 Å². The fourth-order valence-corrected chi connectivity index (χ4v) is 2.40. The number of anilines is 1. The molecular weight excluding hydrogens is 331 g/mol. The summed E-state index contributed by atoms with van der Waals surface area (Å²) < 4.78 is 40.8. The molecule has 4 N–H and O–H groups in total. The lowest BCUT2D eigenvalue weighted by Gasteiger charge is -2.21. The zero-order valence-electron chi connectivity index (χ0n) is 13.1. The molecule has 0 bridgehead atoms. The molecule has 9 heteroatoms. The second-order valence-corrected chi connectivity index (χ2v) is 6.81. The van der Waals surface area contributed by atoms with Crippen LogP contribution in [0.1, 0.15) is 20.8 Å². The van der Waals surface area contributed by atoms with Crippen LogP contribution >= 0.6 is 11.8 Å². The van der Waals surface area contributed by atoms with Gasteiger partial charge in [0.1, 0.15) is 5.75 Å². The number of thioether (sulfide) groups is 1. The Morgan fingerprint density at radius 2 is 1.96 bits per heavy atom. The molecule has 0 heterocycles. The summed E-state index contributed by atoms with van der Waals surface area (Å²) in [5.74, 6) is 0.143. The highest BCUT2D eigenvalue weighted by Gasteiger charge is 2.31. The average molecular weight is 351 g/mol. The molecule has 0 aliphatic heterocycles. The molecule has 1 rings (SSSR count). The van der Waals surface area contributed by atoms with Gasteiger partial charge in [-0.3, -0.25) is 0 Å². The highest BCUT2D eigenvalue weighted by atomic mass is 32.2. The van der Waals surface area contributed by atoms with Gasteiger partial charge in [0.25, 0.3) is 0 Å². The first-order chi connectivity index (χ1) is 10.5. The van der Waals surface area contributed by atoms with Crippen LogP contribution in [0.3, 0.4) is 0 Å². The number of ether oxygens (including phenoxy) is 1. The summed E-state index contributed by atoms with van der Waals surface area (Å²) in [6.45, 7) is 5.80. The molecule has 0 saturated heterocycles. The molecule has 1 aromatic rings. The smallest absolute Gasteiger partial charge is 0.406 e. The number of alkyl halides is 3. The van der Waals surface area contributed by atoms with Crippen LogP contribution in [-0.4, -0.2) is 30.2 Å². The minimum Gasteiger partial charge on any atom is -0.406 e. The summed E-state index contributed by atoms with van der Waals surface area (Å²) in [4.78, 5) is 12.3. The van der Waals surface area contributed by atoms with Gasteiger partial charge in [0, 0.05) is 22.7 Å². The Kier molecular flexibility index (Phi) is 6.57. The van der Waals surface area contributed by atoms with Gasteiger partial charge in [-0.1, -0.05) is 0 Å². The first-order valence-corrected chi connectivity index (χ1v) is 7.80. The molecule has 0 fully saturated rings. The number of hydrogen-bond acceptors (Lipinski definition) is 4. The molecule has 5 nitrogen and oxygen atoms in total. The van der Waals surface area contributed by atoms with E-state index >= 15 is 0 Å². The molecule has 0 aliphatic rings. The van der Waals surface area contributed by atoms with Crippen LogP contribution in [0.2, 0.25) is 0 Å². The highest BCUT2D eigenvalue weighted by molar-refractivity contribution is 7.99. The van der Waals surface area contributed by atoms with E-state index in [9.17, 15) is 18.0 Å². The number of amides is 2. The molecule has 0 atom stereocenters. The van der Waals surface area contributed by atoms with Crippen molar-refractivity contribution in [2.24, 2.45) is 5.73 Å². The van der Waals surface area contributed by atoms with Crippen molar-refractivity contribution in [2.75, 3.05) is 17.6 Å². The third-order valence-electron chi connectivity index (χ3n) is 2.30. The van der Waals surface area contributed by atoms with Gasteiger partial charge >= 0.3 is 12.4 Å². The Morgan fingerprint density at radius 1 is 1.30 bits per heavy atom. The quantitative estimate of drug-likeness (QED) is 0.709. The fourth-order valence-electron chi connectivity index (χ4n) is 1.59. The van der Waals surface area contributed by atoms with E-state index in [1.165, 1.54) is 23.9 Å². The molecule has 23 heavy (non-hydrogen) atoms. The van der Waals surface area contributed by atoms with E-state index < -0.39 is 17.9 Å². The zero-order chi connectivity index (χ0) is 17.7. The Bertz CT molecular complexity index is 545. The van der Waals surface area contributed by atoms with Crippen LogP contribution in [0.5, 0.6) is 5.75 Å². The van der Waals surface area contributed by atoms with E-state index in [1.807, 2.05) is 20.8 Å². The molecular formula is C14H20F3N3O2S. The number of halogens is 3. The summed E-state index contributed by atoms with van der Waals surface area (Å²) >= 11 is 1.23. The predicted octanol–water partition coefficient (Wildman–Crippen LogP) is 3.56. The van der Waals surface area contributed by atoms with E-state index in [-0.39, 0.29) is 5.75 Å².